The Kier molecular flexibility index (Phi) is 5.71. The van der Waals surface area contributed by atoms with E-state index in [0.29, 0.717) is 24.7 Å². The van der Waals surface area contributed by atoms with Gasteiger partial charge in [0.2, 0.25) is 0 Å². The molecule has 6 heteroatoms. The lowest BCUT2D eigenvalue weighted by Crippen LogP contribution is -2.56. The normalized spacial score (nSPS) is 32.5. The first-order valence-electron chi connectivity index (χ1n) is 11.0. The third kappa shape index (κ3) is 4.75. The van der Waals surface area contributed by atoms with Gasteiger partial charge in [0, 0.05) is 0 Å². The monoisotopic (exact) mass is 413 g/mol. The summed E-state index contributed by atoms with van der Waals surface area (Å²) in [5.41, 5.74) is 0.157. The number of hydrogen-bond donors (Lipinski definition) is 2. The molecule has 5 rings (SSSR count). The van der Waals surface area contributed by atoms with E-state index >= 15 is 0 Å². The van der Waals surface area contributed by atoms with Gasteiger partial charge in [0.05, 0.1) is 18.1 Å². The Morgan fingerprint density at radius 3 is 2.40 bits per heavy atom. The molecule has 0 radical (unpaired) electrons. The molecule has 1 aromatic rings. The van der Waals surface area contributed by atoms with E-state index < -0.39 is 23.5 Å². The van der Waals surface area contributed by atoms with Crippen molar-refractivity contribution in [2.24, 2.45) is 17.3 Å². The fourth-order valence-electron chi connectivity index (χ4n) is 6.49. The Morgan fingerprint density at radius 2 is 1.80 bits per heavy atom. The van der Waals surface area contributed by atoms with Crippen LogP contribution in [-0.2, 0) is 25.5 Å². The number of Topliss-reactive ketones (excluding diaryl/α,β-unsaturated/α-hetero) is 1. The molecule has 30 heavy (non-hydrogen) atoms. The van der Waals surface area contributed by atoms with Crippen molar-refractivity contribution in [3.63, 3.8) is 0 Å². The highest BCUT2D eigenvalue weighted by molar-refractivity contribution is 5.88. The summed E-state index contributed by atoms with van der Waals surface area (Å²) in [5, 5.41) is 13.5. The van der Waals surface area contributed by atoms with E-state index in [4.69, 9.17) is 4.74 Å². The summed E-state index contributed by atoms with van der Waals surface area (Å²) in [5.74, 6) is 0.00502. The first-order valence-corrected chi connectivity index (χ1v) is 11.0. The van der Waals surface area contributed by atoms with Crippen LogP contribution in [0.1, 0.15) is 57.4 Å². The number of benzene rings is 1. The van der Waals surface area contributed by atoms with E-state index in [9.17, 15) is 19.5 Å². The highest BCUT2D eigenvalue weighted by Gasteiger charge is 2.57. The molecule has 4 bridgehead atoms. The van der Waals surface area contributed by atoms with Crippen LogP contribution in [0.4, 0.5) is 0 Å². The molecule has 2 unspecified atom stereocenters. The minimum Gasteiger partial charge on any atom is -0.456 e. The Morgan fingerprint density at radius 1 is 1.13 bits per heavy atom. The summed E-state index contributed by atoms with van der Waals surface area (Å²) < 4.78 is 5.26. The lowest BCUT2D eigenvalue weighted by Gasteiger charge is -2.60. The molecule has 2 N–H and O–H groups in total. The first kappa shape index (κ1) is 21.0. The molecule has 0 heterocycles. The van der Waals surface area contributed by atoms with Crippen molar-refractivity contribution in [3.8, 4) is 0 Å². The second-order valence-corrected chi connectivity index (χ2v) is 9.94. The Balaban J connectivity index is 1.27. The van der Waals surface area contributed by atoms with Gasteiger partial charge in [0.15, 0.2) is 12.4 Å². The number of ketones is 1. The van der Waals surface area contributed by atoms with Crippen molar-refractivity contribution in [1.29, 1.82) is 0 Å². The van der Waals surface area contributed by atoms with Crippen LogP contribution in [-0.4, -0.2) is 41.0 Å². The molecule has 162 valence electrons. The van der Waals surface area contributed by atoms with Gasteiger partial charge in [-0.2, -0.15) is 0 Å². The predicted octanol–water partition coefficient (Wildman–Crippen LogP) is 2.57. The van der Waals surface area contributed by atoms with Crippen molar-refractivity contribution in [2.45, 2.75) is 69.9 Å². The first-order chi connectivity index (χ1) is 14.2. The minimum absolute atomic E-state index is 0.139. The number of nitrogens with one attached hydrogen (secondary N) is 1. The van der Waals surface area contributed by atoms with Crippen molar-refractivity contribution in [1.82, 2.24) is 5.32 Å². The molecule has 0 aliphatic heterocycles. The van der Waals surface area contributed by atoms with Gasteiger partial charge in [-0.25, -0.2) is 0 Å². The molecular weight excluding hydrogens is 382 g/mol. The Hall–Kier alpha value is -2.21. The average molecular weight is 414 g/mol. The van der Waals surface area contributed by atoms with Crippen LogP contribution in [0, 0.1) is 17.3 Å². The van der Waals surface area contributed by atoms with Crippen LogP contribution in [0.25, 0.3) is 0 Å². The summed E-state index contributed by atoms with van der Waals surface area (Å²) in [7, 11) is 0. The predicted molar refractivity (Wildman–Crippen MR) is 110 cm³/mol. The standard InChI is InChI=1S/C24H31NO5/c1-16(26)20(8-17-5-3-2-4-6-17)25-21(27)14-30-22(28)13-23-9-18-7-19(10-23)12-24(29,11-18)15-23/h2-6,18-20,29H,7-15H2,1H3,(H,25,27)/t18-,19+,20-,23?,24?/m0/s1. The van der Waals surface area contributed by atoms with Crippen molar-refractivity contribution >= 4 is 17.7 Å². The van der Waals surface area contributed by atoms with Crippen LogP contribution in [0.3, 0.4) is 0 Å². The molecule has 4 aliphatic rings. The number of carbonyl (C=O) groups is 3. The van der Waals surface area contributed by atoms with Crippen molar-refractivity contribution in [3.05, 3.63) is 35.9 Å². The van der Waals surface area contributed by atoms with Crippen LogP contribution in [0.2, 0.25) is 0 Å². The van der Waals surface area contributed by atoms with E-state index in [2.05, 4.69) is 5.32 Å². The molecule has 1 amide bonds. The minimum atomic E-state index is -0.643. The van der Waals surface area contributed by atoms with Crippen LogP contribution in [0.5, 0.6) is 0 Å². The molecule has 5 atom stereocenters. The van der Waals surface area contributed by atoms with Gasteiger partial charge in [-0.05, 0) is 74.7 Å². The molecule has 1 aromatic carbocycles. The zero-order valence-electron chi connectivity index (χ0n) is 17.6. The van der Waals surface area contributed by atoms with Crippen molar-refractivity contribution in [2.75, 3.05) is 6.61 Å². The van der Waals surface area contributed by atoms with Crippen LogP contribution >= 0.6 is 0 Å². The maximum atomic E-state index is 12.5. The number of rotatable bonds is 8. The fourth-order valence-corrected chi connectivity index (χ4v) is 6.49. The molecule has 0 saturated heterocycles. The largest absolute Gasteiger partial charge is 0.456 e. The van der Waals surface area contributed by atoms with Gasteiger partial charge in [-0.3, -0.25) is 14.4 Å². The van der Waals surface area contributed by atoms with Crippen LogP contribution < -0.4 is 5.32 Å². The summed E-state index contributed by atoms with van der Waals surface area (Å²) in [4.78, 5) is 36.7. The maximum Gasteiger partial charge on any atom is 0.306 e. The number of hydrogen-bond acceptors (Lipinski definition) is 5. The van der Waals surface area contributed by atoms with Crippen LogP contribution in [0.15, 0.2) is 30.3 Å². The SMILES string of the molecule is CC(=O)[C@H](Cc1ccccc1)NC(=O)COC(=O)CC12C[C@@H]3C[C@@H](CC(O)(C3)C1)C2. The summed E-state index contributed by atoms with van der Waals surface area (Å²) >= 11 is 0. The second kappa shape index (κ2) is 8.14. The highest BCUT2D eigenvalue weighted by atomic mass is 16.5. The van der Waals surface area contributed by atoms with Gasteiger partial charge >= 0.3 is 5.97 Å². The zero-order chi connectivity index (χ0) is 21.4. The third-order valence-corrected chi connectivity index (χ3v) is 7.14. The van der Waals surface area contributed by atoms with Gasteiger partial charge in [0.25, 0.3) is 5.91 Å². The number of carbonyl (C=O) groups excluding carboxylic acids is 3. The van der Waals surface area contributed by atoms with Gasteiger partial charge in [-0.15, -0.1) is 0 Å². The van der Waals surface area contributed by atoms with Crippen molar-refractivity contribution < 1.29 is 24.2 Å². The molecule has 4 aliphatic carbocycles. The lowest BCUT2D eigenvalue weighted by molar-refractivity contribution is -0.177. The number of ether oxygens (including phenoxy) is 1. The second-order valence-electron chi connectivity index (χ2n) is 9.94. The summed E-state index contributed by atoms with van der Waals surface area (Å²) in [6.07, 6.45) is 6.14. The maximum absolute atomic E-state index is 12.5. The van der Waals surface area contributed by atoms with E-state index in [1.54, 1.807) is 0 Å². The van der Waals surface area contributed by atoms with E-state index in [1.807, 2.05) is 30.3 Å². The van der Waals surface area contributed by atoms with Gasteiger partial charge < -0.3 is 15.2 Å². The summed E-state index contributed by atoms with van der Waals surface area (Å²) in [6, 6.07) is 8.83. The van der Waals surface area contributed by atoms with Gasteiger partial charge in [-0.1, -0.05) is 30.3 Å². The third-order valence-electron chi connectivity index (χ3n) is 7.14. The topological polar surface area (TPSA) is 92.7 Å². The molecule has 4 saturated carbocycles. The Bertz CT molecular complexity index is 806. The van der Waals surface area contributed by atoms with E-state index in [1.165, 1.54) is 6.92 Å². The Labute approximate surface area is 177 Å². The van der Waals surface area contributed by atoms with E-state index in [0.717, 1.165) is 37.7 Å². The molecule has 4 fully saturated rings. The quantitative estimate of drug-likeness (QED) is 0.639. The fraction of sp³-hybridized carbons (Fsp3) is 0.625. The average Bonchev–Trinajstić information content (AvgIpc) is 2.64. The number of amides is 1. The summed E-state index contributed by atoms with van der Waals surface area (Å²) in [6.45, 7) is 1.06. The number of esters is 1. The van der Waals surface area contributed by atoms with E-state index in [-0.39, 0.29) is 24.2 Å². The highest BCUT2D eigenvalue weighted by Crippen LogP contribution is 2.62. The molecule has 6 nitrogen and oxygen atoms in total. The molecular formula is C24H31NO5. The zero-order valence-corrected chi connectivity index (χ0v) is 17.6. The molecule has 0 spiro atoms. The molecule has 0 aromatic heterocycles. The lowest BCUT2D eigenvalue weighted by atomic mass is 9.47. The smallest absolute Gasteiger partial charge is 0.306 e. The number of aliphatic hydroxyl groups is 1. The van der Waals surface area contributed by atoms with Gasteiger partial charge in [0.1, 0.15) is 0 Å².